The number of benzene rings is 2. The Kier molecular flexibility index (Phi) is 6.16. The average molecular weight is 525 g/mol. The largest absolute Gasteiger partial charge is 0.397 e. The molecule has 0 aliphatic carbocycles. The van der Waals surface area contributed by atoms with Gasteiger partial charge in [0, 0.05) is 19.1 Å². The average Bonchev–Trinajstić information content (AvgIpc) is 2.53. The van der Waals surface area contributed by atoms with Gasteiger partial charge in [0.25, 0.3) is 5.91 Å². The molecule has 0 bridgehead atoms. The number of carbonyl (C=O) groups excluding carboxylic acids is 1. The number of nitrogens with two attached hydrogens (primary N) is 1. The van der Waals surface area contributed by atoms with E-state index in [9.17, 15) is 4.79 Å². The van der Waals surface area contributed by atoms with E-state index in [0.29, 0.717) is 16.3 Å². The summed E-state index contributed by atoms with van der Waals surface area (Å²) in [4.78, 5) is 12.6. The van der Waals surface area contributed by atoms with Gasteiger partial charge in [0.2, 0.25) is 0 Å². The van der Waals surface area contributed by atoms with Crippen LogP contribution in [0, 0.1) is 6.92 Å². The molecule has 0 fully saturated rings. The fourth-order valence-corrected chi connectivity index (χ4v) is 4.16. The Morgan fingerprint density at radius 1 is 1.26 bits per heavy atom. The number of hydrogen-bond acceptors (Lipinski definition) is 2. The van der Waals surface area contributed by atoms with Gasteiger partial charge in [-0.1, -0.05) is 34.5 Å². The first-order valence-corrected chi connectivity index (χ1v) is 9.55. The van der Waals surface area contributed by atoms with Crippen LogP contribution in [0.1, 0.15) is 28.4 Å². The molecule has 0 aromatic heterocycles. The first kappa shape index (κ1) is 18.8. The standard InChI is InChI=1S/C16H14Br3ClN2O/c1-3-9-13(19)14(21)12(18)7(2)15(9)22-16(23)10-6-8(17)4-5-11(10)20/h4-6H,3,21H2,1-2H3,(H,22,23). The van der Waals surface area contributed by atoms with Gasteiger partial charge in [-0.15, -0.1) is 0 Å². The molecule has 0 aliphatic rings. The first-order chi connectivity index (χ1) is 10.8. The molecule has 0 aliphatic heterocycles. The van der Waals surface area contributed by atoms with E-state index in [1.807, 2.05) is 13.8 Å². The van der Waals surface area contributed by atoms with E-state index in [0.717, 1.165) is 36.7 Å². The van der Waals surface area contributed by atoms with Gasteiger partial charge in [-0.3, -0.25) is 4.79 Å². The van der Waals surface area contributed by atoms with Crippen LogP contribution in [0.5, 0.6) is 0 Å². The highest BCUT2D eigenvalue weighted by Gasteiger charge is 2.20. The molecule has 3 nitrogen and oxygen atoms in total. The second-order valence-corrected chi connectivity index (χ2v) is 7.86. The molecule has 2 aromatic carbocycles. The van der Waals surface area contributed by atoms with Gasteiger partial charge >= 0.3 is 0 Å². The minimum absolute atomic E-state index is 0.266. The third-order valence-electron chi connectivity index (χ3n) is 3.51. The third-order valence-corrected chi connectivity index (χ3v) is 6.26. The van der Waals surface area contributed by atoms with Crippen molar-refractivity contribution >= 4 is 76.7 Å². The van der Waals surface area contributed by atoms with Crippen LogP contribution < -0.4 is 11.1 Å². The number of halogens is 4. The van der Waals surface area contributed by atoms with Crippen LogP contribution in [0.25, 0.3) is 0 Å². The van der Waals surface area contributed by atoms with E-state index in [1.165, 1.54) is 0 Å². The molecular weight excluding hydrogens is 511 g/mol. The van der Waals surface area contributed by atoms with Crippen molar-refractivity contribution in [3.05, 3.63) is 53.3 Å². The molecule has 0 heterocycles. The van der Waals surface area contributed by atoms with Crippen molar-refractivity contribution in [2.75, 3.05) is 11.1 Å². The molecule has 2 aromatic rings. The van der Waals surface area contributed by atoms with Gasteiger partial charge in [0.05, 0.1) is 16.3 Å². The summed E-state index contributed by atoms with van der Waals surface area (Å²) in [5.74, 6) is -0.266. The third kappa shape index (κ3) is 3.76. The maximum Gasteiger partial charge on any atom is 0.257 e. The summed E-state index contributed by atoms with van der Waals surface area (Å²) in [7, 11) is 0. The Morgan fingerprint density at radius 3 is 2.52 bits per heavy atom. The monoisotopic (exact) mass is 522 g/mol. The number of nitrogen functional groups attached to an aromatic ring is 1. The van der Waals surface area contributed by atoms with Crippen molar-refractivity contribution < 1.29 is 4.79 Å². The van der Waals surface area contributed by atoms with E-state index in [-0.39, 0.29) is 5.91 Å². The van der Waals surface area contributed by atoms with Crippen molar-refractivity contribution in [1.82, 2.24) is 0 Å². The van der Waals surface area contributed by atoms with Crippen molar-refractivity contribution in [3.63, 3.8) is 0 Å². The number of rotatable bonds is 3. The second kappa shape index (κ2) is 7.55. The highest BCUT2D eigenvalue weighted by Crippen LogP contribution is 2.41. The van der Waals surface area contributed by atoms with Crippen LogP contribution in [-0.2, 0) is 6.42 Å². The quantitative estimate of drug-likeness (QED) is 0.460. The van der Waals surface area contributed by atoms with Crippen LogP contribution in [-0.4, -0.2) is 5.91 Å². The number of anilines is 2. The summed E-state index contributed by atoms with van der Waals surface area (Å²) in [5.41, 5.74) is 9.67. The fourth-order valence-electron chi connectivity index (χ4n) is 2.26. The van der Waals surface area contributed by atoms with Gasteiger partial charge in [-0.05, 0) is 74.5 Å². The fraction of sp³-hybridized carbons (Fsp3) is 0.188. The van der Waals surface area contributed by atoms with E-state index >= 15 is 0 Å². The molecule has 122 valence electrons. The summed E-state index contributed by atoms with van der Waals surface area (Å²) in [5, 5.41) is 3.36. The number of hydrogen-bond donors (Lipinski definition) is 2. The summed E-state index contributed by atoms with van der Waals surface area (Å²) >= 11 is 16.5. The van der Waals surface area contributed by atoms with Gasteiger partial charge in [0.15, 0.2) is 0 Å². The lowest BCUT2D eigenvalue weighted by atomic mass is 10.0. The Hall–Kier alpha value is -0.560. The highest BCUT2D eigenvalue weighted by atomic mass is 79.9. The summed E-state index contributed by atoms with van der Waals surface area (Å²) in [6.07, 6.45) is 0.723. The molecule has 0 unspecified atom stereocenters. The second-order valence-electron chi connectivity index (χ2n) is 4.95. The van der Waals surface area contributed by atoms with Crippen LogP contribution >= 0.6 is 59.4 Å². The summed E-state index contributed by atoms with van der Waals surface area (Å²) < 4.78 is 2.34. The van der Waals surface area contributed by atoms with E-state index in [4.69, 9.17) is 17.3 Å². The predicted molar refractivity (Wildman–Crippen MR) is 107 cm³/mol. The molecule has 23 heavy (non-hydrogen) atoms. The molecule has 0 radical (unpaired) electrons. The number of carbonyl (C=O) groups is 1. The molecule has 7 heteroatoms. The van der Waals surface area contributed by atoms with Gasteiger partial charge < -0.3 is 11.1 Å². The van der Waals surface area contributed by atoms with E-state index in [2.05, 4.69) is 53.1 Å². The van der Waals surface area contributed by atoms with Crippen LogP contribution in [0.2, 0.25) is 5.02 Å². The van der Waals surface area contributed by atoms with E-state index < -0.39 is 0 Å². The Bertz CT molecular complexity index is 794. The molecule has 0 saturated carbocycles. The molecule has 0 saturated heterocycles. The normalized spacial score (nSPS) is 10.7. The number of nitrogens with one attached hydrogen (secondary N) is 1. The number of amides is 1. The Morgan fingerprint density at radius 2 is 1.91 bits per heavy atom. The van der Waals surface area contributed by atoms with Gasteiger partial charge in [-0.25, -0.2) is 0 Å². The van der Waals surface area contributed by atoms with Crippen molar-refractivity contribution in [2.45, 2.75) is 20.3 Å². The van der Waals surface area contributed by atoms with Crippen LogP contribution in [0.15, 0.2) is 31.6 Å². The summed E-state index contributed by atoms with van der Waals surface area (Å²) in [6.45, 7) is 3.92. The molecule has 0 atom stereocenters. The molecule has 3 N–H and O–H groups in total. The SMILES string of the molecule is CCc1c(Br)c(N)c(Br)c(C)c1NC(=O)c1cc(Br)ccc1Cl. The lowest BCUT2D eigenvalue weighted by Crippen LogP contribution is -2.16. The first-order valence-electron chi connectivity index (χ1n) is 6.80. The minimum atomic E-state index is -0.266. The molecule has 2 rings (SSSR count). The zero-order valence-electron chi connectivity index (χ0n) is 12.4. The van der Waals surface area contributed by atoms with Crippen molar-refractivity contribution in [1.29, 1.82) is 0 Å². The Labute approximate surface area is 165 Å². The zero-order valence-corrected chi connectivity index (χ0v) is 18.0. The van der Waals surface area contributed by atoms with Gasteiger partial charge in [-0.2, -0.15) is 0 Å². The maximum atomic E-state index is 12.6. The topological polar surface area (TPSA) is 55.1 Å². The maximum absolute atomic E-state index is 12.6. The van der Waals surface area contributed by atoms with Crippen LogP contribution in [0.3, 0.4) is 0 Å². The lowest BCUT2D eigenvalue weighted by molar-refractivity contribution is 0.102. The van der Waals surface area contributed by atoms with Crippen LogP contribution in [0.4, 0.5) is 11.4 Å². The van der Waals surface area contributed by atoms with E-state index in [1.54, 1.807) is 18.2 Å². The predicted octanol–water partition coefficient (Wildman–Crippen LogP) is 6.33. The van der Waals surface area contributed by atoms with Crippen molar-refractivity contribution in [2.24, 2.45) is 0 Å². The van der Waals surface area contributed by atoms with Gasteiger partial charge in [0.1, 0.15) is 0 Å². The lowest BCUT2D eigenvalue weighted by Gasteiger charge is -2.19. The summed E-state index contributed by atoms with van der Waals surface area (Å²) in [6, 6.07) is 5.17. The zero-order chi connectivity index (χ0) is 17.3. The Balaban J connectivity index is 2.52. The molecule has 0 spiro atoms. The van der Waals surface area contributed by atoms with Crippen molar-refractivity contribution in [3.8, 4) is 0 Å². The smallest absolute Gasteiger partial charge is 0.257 e. The molecular formula is C16H14Br3ClN2O. The minimum Gasteiger partial charge on any atom is -0.397 e. The highest BCUT2D eigenvalue weighted by molar-refractivity contribution is 9.11. The molecule has 1 amide bonds.